The maximum Gasteiger partial charge on any atom is 0.139 e. The van der Waals surface area contributed by atoms with Crippen molar-refractivity contribution < 1.29 is 4.42 Å². The average Bonchev–Trinajstić information content (AvgIpc) is 3.56. The first-order valence-electron chi connectivity index (χ1n) is 17.5. The molecule has 2 heteroatoms. The topological polar surface area (TPSA) is 16.4 Å². The van der Waals surface area contributed by atoms with Crippen molar-refractivity contribution in [2.75, 3.05) is 4.90 Å². The molecule has 0 bridgehead atoms. The Morgan fingerprint density at radius 2 is 1.12 bits per heavy atom. The van der Waals surface area contributed by atoms with Crippen LogP contribution in [0.5, 0.6) is 0 Å². The normalized spacial score (nSPS) is 13.9. The highest BCUT2D eigenvalue weighted by Crippen LogP contribution is 2.51. The SMILES string of the molecule is CC(C)(C)c1cc(C(C)(C)C)c2oc3cc(N(c4ccc(-c5ccccc5)cc4)c4ccc5c(c4)C(C)(C)c4ccccc4-5)ccc3c2c1. The molecule has 0 aliphatic heterocycles. The highest BCUT2D eigenvalue weighted by atomic mass is 16.3. The highest BCUT2D eigenvalue weighted by Gasteiger charge is 2.36. The van der Waals surface area contributed by atoms with Crippen LogP contribution in [-0.2, 0) is 16.2 Å². The molecule has 0 amide bonds. The molecule has 8 rings (SSSR count). The lowest BCUT2D eigenvalue weighted by Gasteiger charge is -2.28. The first kappa shape index (κ1) is 31.2. The van der Waals surface area contributed by atoms with Crippen molar-refractivity contribution in [3.05, 3.63) is 150 Å². The van der Waals surface area contributed by atoms with E-state index in [1.807, 2.05) is 0 Å². The van der Waals surface area contributed by atoms with Gasteiger partial charge in [-0.25, -0.2) is 0 Å². The van der Waals surface area contributed by atoms with Crippen LogP contribution in [0.15, 0.2) is 132 Å². The van der Waals surface area contributed by atoms with E-state index in [0.29, 0.717) is 0 Å². The fourth-order valence-corrected chi connectivity index (χ4v) is 7.71. The Labute approximate surface area is 291 Å². The van der Waals surface area contributed by atoms with Gasteiger partial charge in [0.2, 0.25) is 0 Å². The van der Waals surface area contributed by atoms with Crippen LogP contribution >= 0.6 is 0 Å². The fourth-order valence-electron chi connectivity index (χ4n) is 7.71. The molecule has 0 fully saturated rings. The summed E-state index contributed by atoms with van der Waals surface area (Å²) >= 11 is 0. The average molecular weight is 640 g/mol. The highest BCUT2D eigenvalue weighted by molar-refractivity contribution is 6.07. The van der Waals surface area contributed by atoms with Gasteiger partial charge in [0, 0.05) is 44.9 Å². The van der Waals surface area contributed by atoms with E-state index in [2.05, 4.69) is 188 Å². The van der Waals surface area contributed by atoms with Gasteiger partial charge >= 0.3 is 0 Å². The lowest BCUT2D eigenvalue weighted by molar-refractivity contribution is 0.559. The second-order valence-corrected chi connectivity index (χ2v) is 16.3. The number of nitrogens with zero attached hydrogens (tertiary/aromatic N) is 1. The molecule has 1 aliphatic rings. The zero-order chi connectivity index (χ0) is 34.3. The maximum atomic E-state index is 6.84. The Kier molecular flexibility index (Phi) is 6.99. The summed E-state index contributed by atoms with van der Waals surface area (Å²) in [6.45, 7) is 18.4. The lowest BCUT2D eigenvalue weighted by atomic mass is 9.79. The van der Waals surface area contributed by atoms with Gasteiger partial charge in [-0.05, 0) is 92.2 Å². The number of rotatable bonds is 4. The molecule has 6 aromatic carbocycles. The van der Waals surface area contributed by atoms with Crippen molar-refractivity contribution in [3.8, 4) is 22.3 Å². The van der Waals surface area contributed by atoms with Gasteiger partial charge in [0.1, 0.15) is 11.2 Å². The Morgan fingerprint density at radius 1 is 0.510 bits per heavy atom. The molecule has 0 radical (unpaired) electrons. The molecule has 0 unspecified atom stereocenters. The van der Waals surface area contributed by atoms with Gasteiger partial charge in [-0.3, -0.25) is 0 Å². The van der Waals surface area contributed by atoms with Gasteiger partial charge < -0.3 is 9.32 Å². The Bertz CT molecular complexity index is 2360. The third-order valence-corrected chi connectivity index (χ3v) is 10.5. The van der Waals surface area contributed by atoms with Crippen molar-refractivity contribution in [1.82, 2.24) is 0 Å². The van der Waals surface area contributed by atoms with E-state index in [0.717, 1.165) is 33.6 Å². The minimum absolute atomic E-state index is 0.0292. The van der Waals surface area contributed by atoms with E-state index < -0.39 is 0 Å². The summed E-state index contributed by atoms with van der Waals surface area (Å²) in [6.07, 6.45) is 0. The van der Waals surface area contributed by atoms with E-state index in [1.54, 1.807) is 0 Å². The first-order valence-corrected chi connectivity index (χ1v) is 17.5. The predicted molar refractivity (Wildman–Crippen MR) is 209 cm³/mol. The van der Waals surface area contributed by atoms with Crippen molar-refractivity contribution in [2.45, 2.75) is 71.6 Å². The molecule has 2 nitrogen and oxygen atoms in total. The van der Waals surface area contributed by atoms with Gasteiger partial charge in [0.05, 0.1) is 0 Å². The molecule has 7 aromatic rings. The van der Waals surface area contributed by atoms with Crippen molar-refractivity contribution >= 4 is 39.0 Å². The van der Waals surface area contributed by atoms with E-state index >= 15 is 0 Å². The molecule has 1 aliphatic carbocycles. The molecule has 1 aromatic heterocycles. The lowest BCUT2D eigenvalue weighted by Crippen LogP contribution is -2.16. The van der Waals surface area contributed by atoms with Crippen LogP contribution in [0.2, 0.25) is 0 Å². The molecule has 0 atom stereocenters. The third kappa shape index (κ3) is 5.17. The zero-order valence-electron chi connectivity index (χ0n) is 30.0. The van der Waals surface area contributed by atoms with E-state index in [1.165, 1.54) is 49.9 Å². The van der Waals surface area contributed by atoms with Crippen molar-refractivity contribution in [2.24, 2.45) is 0 Å². The second kappa shape index (κ2) is 11.0. The van der Waals surface area contributed by atoms with Gasteiger partial charge in [0.25, 0.3) is 0 Å². The molecular weight excluding hydrogens is 595 g/mol. The smallest absolute Gasteiger partial charge is 0.139 e. The Balaban J connectivity index is 1.32. The van der Waals surface area contributed by atoms with Crippen LogP contribution in [0, 0.1) is 0 Å². The molecule has 0 saturated carbocycles. The number of benzene rings is 6. The quantitative estimate of drug-likeness (QED) is 0.191. The van der Waals surface area contributed by atoms with E-state index in [4.69, 9.17) is 4.42 Å². The standard InChI is InChI=1S/C47H45NO/c1-45(2,3)32-26-39-38-25-23-35(29-43(38)49-44(39)42(27-32)46(4,5)6)48(33-20-18-31(19-21-33)30-14-10-9-11-15-30)34-22-24-37-36-16-12-13-17-40(36)47(7,8)41(37)28-34/h9-29H,1-8H3. The van der Waals surface area contributed by atoms with Crippen LogP contribution in [0.25, 0.3) is 44.2 Å². The van der Waals surface area contributed by atoms with Crippen molar-refractivity contribution in [1.29, 1.82) is 0 Å². The van der Waals surface area contributed by atoms with Gasteiger partial charge in [-0.1, -0.05) is 134 Å². The summed E-state index contributed by atoms with van der Waals surface area (Å²) in [5.74, 6) is 0. The molecule has 0 N–H and O–H groups in total. The van der Waals surface area contributed by atoms with Crippen LogP contribution in [0.3, 0.4) is 0 Å². The minimum atomic E-state index is -0.0957. The molecule has 244 valence electrons. The largest absolute Gasteiger partial charge is 0.456 e. The number of fused-ring (bicyclic) bond motifs is 6. The fraction of sp³-hybridized carbons (Fsp3) is 0.234. The number of furan rings is 1. The summed E-state index contributed by atoms with van der Waals surface area (Å²) in [6, 6.07) is 46.8. The van der Waals surface area contributed by atoms with Crippen LogP contribution < -0.4 is 4.90 Å². The molecular formula is C47H45NO. The minimum Gasteiger partial charge on any atom is -0.456 e. The van der Waals surface area contributed by atoms with Gasteiger partial charge in [-0.15, -0.1) is 0 Å². The summed E-state index contributed by atoms with van der Waals surface area (Å²) in [5, 5.41) is 2.34. The number of hydrogen-bond donors (Lipinski definition) is 0. The monoisotopic (exact) mass is 639 g/mol. The van der Waals surface area contributed by atoms with Gasteiger partial charge in [-0.2, -0.15) is 0 Å². The van der Waals surface area contributed by atoms with Gasteiger partial charge in [0.15, 0.2) is 0 Å². The van der Waals surface area contributed by atoms with E-state index in [9.17, 15) is 0 Å². The van der Waals surface area contributed by atoms with Crippen LogP contribution in [0.1, 0.15) is 77.6 Å². The van der Waals surface area contributed by atoms with Crippen LogP contribution in [-0.4, -0.2) is 0 Å². The summed E-state index contributed by atoms with van der Waals surface area (Å²) < 4.78 is 6.84. The predicted octanol–water partition coefficient (Wildman–Crippen LogP) is 13.6. The van der Waals surface area contributed by atoms with E-state index in [-0.39, 0.29) is 16.2 Å². The Morgan fingerprint density at radius 3 is 1.84 bits per heavy atom. The summed E-state index contributed by atoms with van der Waals surface area (Å²) in [7, 11) is 0. The zero-order valence-corrected chi connectivity index (χ0v) is 30.0. The summed E-state index contributed by atoms with van der Waals surface area (Å²) in [4.78, 5) is 2.38. The molecule has 0 saturated heterocycles. The number of hydrogen-bond acceptors (Lipinski definition) is 2. The number of anilines is 3. The molecule has 0 spiro atoms. The Hall–Kier alpha value is -5.08. The summed E-state index contributed by atoms with van der Waals surface area (Å²) in [5.41, 5.74) is 15.5. The molecule has 1 heterocycles. The first-order chi connectivity index (χ1) is 23.3. The third-order valence-electron chi connectivity index (χ3n) is 10.5. The maximum absolute atomic E-state index is 6.84. The molecule has 49 heavy (non-hydrogen) atoms. The van der Waals surface area contributed by atoms with Crippen LogP contribution in [0.4, 0.5) is 17.1 Å². The van der Waals surface area contributed by atoms with Crippen molar-refractivity contribution in [3.63, 3.8) is 0 Å². The second-order valence-electron chi connectivity index (χ2n) is 16.3.